The first-order chi connectivity index (χ1) is 7.84. The van der Waals surface area contributed by atoms with Gasteiger partial charge in [0.2, 0.25) is 0 Å². The molecule has 2 fully saturated rings. The Hall–Kier alpha value is 0.120. The van der Waals surface area contributed by atoms with E-state index in [1.54, 1.807) is 11.4 Å². The lowest BCUT2D eigenvalue weighted by molar-refractivity contribution is 0.347. The second kappa shape index (κ2) is 5.63. The molecule has 2 aliphatic rings. The second-order valence-corrected chi connectivity index (χ2v) is 7.59. The van der Waals surface area contributed by atoms with E-state index in [0.29, 0.717) is 24.9 Å². The van der Waals surface area contributed by atoms with Gasteiger partial charge in [0.15, 0.2) is 0 Å². The van der Waals surface area contributed by atoms with Crippen molar-refractivity contribution in [3.8, 4) is 0 Å². The van der Waals surface area contributed by atoms with Gasteiger partial charge in [-0.15, -0.1) is 12.4 Å². The molecule has 1 saturated heterocycles. The number of hydrogen-bond donors (Lipinski definition) is 1. The molecule has 2 rings (SSSR count). The largest absolute Gasteiger partial charge is 0.327 e. The zero-order valence-electron chi connectivity index (χ0n) is 11.2. The normalized spacial score (nSPS) is 32.9. The molecule has 18 heavy (non-hydrogen) atoms. The van der Waals surface area contributed by atoms with Crippen LogP contribution in [0.4, 0.5) is 0 Å². The number of rotatable bonds is 3. The maximum atomic E-state index is 12.3. The zero-order chi connectivity index (χ0) is 12.8. The van der Waals surface area contributed by atoms with Gasteiger partial charge >= 0.3 is 0 Å². The zero-order valence-corrected chi connectivity index (χ0v) is 12.9. The van der Waals surface area contributed by atoms with Gasteiger partial charge in [-0.2, -0.15) is 17.0 Å². The van der Waals surface area contributed by atoms with Gasteiger partial charge in [-0.05, 0) is 38.5 Å². The lowest BCUT2D eigenvalue weighted by atomic mass is 9.98. The fraction of sp³-hybridized carbons (Fsp3) is 1.00. The van der Waals surface area contributed by atoms with E-state index in [0.717, 1.165) is 12.8 Å². The van der Waals surface area contributed by atoms with Crippen molar-refractivity contribution in [2.24, 2.45) is 17.6 Å². The first-order valence-electron chi connectivity index (χ1n) is 6.32. The van der Waals surface area contributed by atoms with Crippen LogP contribution in [-0.2, 0) is 10.2 Å². The molecular weight excluding hydrogens is 274 g/mol. The van der Waals surface area contributed by atoms with Gasteiger partial charge < -0.3 is 5.73 Å². The number of nitrogens with two attached hydrogens (primary N) is 1. The summed E-state index contributed by atoms with van der Waals surface area (Å²) in [5.41, 5.74) is 6.03. The monoisotopic (exact) mass is 297 g/mol. The molecule has 3 atom stereocenters. The van der Waals surface area contributed by atoms with Crippen LogP contribution in [0.5, 0.6) is 0 Å². The molecule has 1 saturated carbocycles. The molecule has 0 aromatic heterocycles. The SMILES string of the molecule is CC(C)N(C)S(=O)(=O)N1CC2CCC(N)C2C1.Cl. The molecule has 1 aliphatic heterocycles. The van der Waals surface area contributed by atoms with E-state index in [4.69, 9.17) is 5.73 Å². The third-order valence-electron chi connectivity index (χ3n) is 4.30. The summed E-state index contributed by atoms with van der Waals surface area (Å²) in [5, 5.41) is 0. The number of fused-ring (bicyclic) bond motifs is 1. The molecule has 0 radical (unpaired) electrons. The molecule has 1 heterocycles. The topological polar surface area (TPSA) is 66.6 Å². The molecule has 5 nitrogen and oxygen atoms in total. The minimum Gasteiger partial charge on any atom is -0.327 e. The van der Waals surface area contributed by atoms with Crippen LogP contribution in [0.3, 0.4) is 0 Å². The molecule has 1 aliphatic carbocycles. The Morgan fingerprint density at radius 1 is 1.28 bits per heavy atom. The fourth-order valence-electron chi connectivity index (χ4n) is 2.90. The van der Waals surface area contributed by atoms with Crippen LogP contribution in [0.25, 0.3) is 0 Å². The summed E-state index contributed by atoms with van der Waals surface area (Å²) in [6.45, 7) is 5.03. The smallest absolute Gasteiger partial charge is 0.281 e. The molecule has 0 aromatic rings. The standard InChI is InChI=1S/C11H23N3O2S.ClH/c1-8(2)13(3)17(15,16)14-6-9-4-5-11(12)10(9)7-14;/h8-11H,4-7,12H2,1-3H3;1H. The molecule has 0 spiro atoms. The van der Waals surface area contributed by atoms with Crippen molar-refractivity contribution in [2.45, 2.75) is 38.8 Å². The van der Waals surface area contributed by atoms with E-state index >= 15 is 0 Å². The van der Waals surface area contributed by atoms with Gasteiger partial charge in [-0.25, -0.2) is 0 Å². The van der Waals surface area contributed by atoms with Gasteiger partial charge in [0, 0.05) is 32.2 Å². The average molecular weight is 298 g/mol. The van der Waals surface area contributed by atoms with E-state index in [-0.39, 0.29) is 24.5 Å². The molecule has 0 aromatic carbocycles. The van der Waals surface area contributed by atoms with Crippen LogP contribution in [0, 0.1) is 11.8 Å². The quantitative estimate of drug-likeness (QED) is 0.832. The number of halogens is 1. The highest BCUT2D eigenvalue weighted by atomic mass is 35.5. The van der Waals surface area contributed by atoms with Gasteiger partial charge in [-0.3, -0.25) is 0 Å². The van der Waals surface area contributed by atoms with Crippen molar-refractivity contribution in [2.75, 3.05) is 20.1 Å². The Labute approximate surface area is 116 Å². The van der Waals surface area contributed by atoms with Crippen LogP contribution >= 0.6 is 12.4 Å². The van der Waals surface area contributed by atoms with E-state index in [1.807, 2.05) is 13.8 Å². The predicted octanol–water partition coefficient (Wildman–Crippen LogP) is 0.662. The minimum atomic E-state index is -3.29. The van der Waals surface area contributed by atoms with Gasteiger partial charge in [0.05, 0.1) is 0 Å². The van der Waals surface area contributed by atoms with E-state index in [1.165, 1.54) is 4.31 Å². The highest BCUT2D eigenvalue weighted by Crippen LogP contribution is 2.38. The van der Waals surface area contributed by atoms with Crippen LogP contribution in [0.2, 0.25) is 0 Å². The maximum Gasteiger partial charge on any atom is 0.281 e. The van der Waals surface area contributed by atoms with Crippen LogP contribution < -0.4 is 5.73 Å². The van der Waals surface area contributed by atoms with E-state index in [9.17, 15) is 8.42 Å². The van der Waals surface area contributed by atoms with Crippen LogP contribution in [0.1, 0.15) is 26.7 Å². The minimum absolute atomic E-state index is 0. The third kappa shape index (κ3) is 2.67. The van der Waals surface area contributed by atoms with E-state index < -0.39 is 10.2 Å². The Bertz CT molecular complexity index is 388. The molecule has 7 heteroatoms. The Balaban J connectivity index is 0.00000162. The maximum absolute atomic E-state index is 12.3. The summed E-state index contributed by atoms with van der Waals surface area (Å²) in [7, 11) is -1.65. The molecule has 0 bridgehead atoms. The molecule has 3 unspecified atom stereocenters. The average Bonchev–Trinajstić information content (AvgIpc) is 2.80. The Morgan fingerprint density at radius 2 is 1.89 bits per heavy atom. The first kappa shape index (κ1) is 16.2. The summed E-state index contributed by atoms with van der Waals surface area (Å²) >= 11 is 0. The van der Waals surface area contributed by atoms with Gasteiger partial charge in [0.25, 0.3) is 10.2 Å². The fourth-order valence-corrected chi connectivity index (χ4v) is 4.54. The van der Waals surface area contributed by atoms with Crippen molar-refractivity contribution in [3.05, 3.63) is 0 Å². The summed E-state index contributed by atoms with van der Waals surface area (Å²) in [4.78, 5) is 0. The van der Waals surface area contributed by atoms with Crippen molar-refractivity contribution >= 4 is 22.6 Å². The summed E-state index contributed by atoms with van der Waals surface area (Å²) in [6, 6.07) is 0.179. The van der Waals surface area contributed by atoms with E-state index in [2.05, 4.69) is 0 Å². The lowest BCUT2D eigenvalue weighted by Gasteiger charge is -2.27. The lowest BCUT2D eigenvalue weighted by Crippen LogP contribution is -2.44. The summed E-state index contributed by atoms with van der Waals surface area (Å²) in [6.07, 6.45) is 2.12. The highest BCUT2D eigenvalue weighted by Gasteiger charge is 2.45. The first-order valence-corrected chi connectivity index (χ1v) is 7.72. The van der Waals surface area contributed by atoms with Gasteiger partial charge in [-0.1, -0.05) is 0 Å². The molecular formula is C11H24ClN3O2S. The third-order valence-corrected chi connectivity index (χ3v) is 6.40. The number of nitrogens with zero attached hydrogens (tertiary/aromatic N) is 2. The highest BCUT2D eigenvalue weighted by molar-refractivity contribution is 7.86. The van der Waals surface area contributed by atoms with Crippen LogP contribution in [0.15, 0.2) is 0 Å². The predicted molar refractivity (Wildman–Crippen MR) is 74.8 cm³/mol. The van der Waals surface area contributed by atoms with Crippen molar-refractivity contribution in [1.29, 1.82) is 0 Å². The van der Waals surface area contributed by atoms with Gasteiger partial charge in [0.1, 0.15) is 0 Å². The van der Waals surface area contributed by atoms with Crippen molar-refractivity contribution < 1.29 is 8.42 Å². The van der Waals surface area contributed by atoms with Crippen molar-refractivity contribution in [3.63, 3.8) is 0 Å². The molecule has 108 valence electrons. The van der Waals surface area contributed by atoms with Crippen molar-refractivity contribution in [1.82, 2.24) is 8.61 Å². The summed E-state index contributed by atoms with van der Waals surface area (Å²) < 4.78 is 27.7. The molecule has 0 amide bonds. The molecule has 2 N–H and O–H groups in total. The number of hydrogen-bond acceptors (Lipinski definition) is 3. The summed E-state index contributed by atoms with van der Waals surface area (Å²) in [5.74, 6) is 0.839. The Morgan fingerprint density at radius 3 is 2.39 bits per heavy atom. The Kier molecular flexibility index (Phi) is 5.06. The second-order valence-electron chi connectivity index (χ2n) is 5.60. The van der Waals surface area contributed by atoms with Crippen LogP contribution in [-0.4, -0.2) is 49.2 Å².